The van der Waals surface area contributed by atoms with Crippen molar-refractivity contribution >= 4 is 23.1 Å². The van der Waals surface area contributed by atoms with Crippen molar-refractivity contribution in [2.24, 2.45) is 0 Å². The van der Waals surface area contributed by atoms with Gasteiger partial charge in [0.05, 0.1) is 11.3 Å². The average Bonchev–Trinajstić information content (AvgIpc) is 2.74. The fourth-order valence-corrected chi connectivity index (χ4v) is 2.17. The highest BCUT2D eigenvalue weighted by atomic mass is 16.2. The van der Waals surface area contributed by atoms with E-state index in [1.54, 1.807) is 6.07 Å². The van der Waals surface area contributed by atoms with E-state index in [0.717, 1.165) is 11.3 Å². The highest BCUT2D eigenvalue weighted by Crippen LogP contribution is 2.26. The summed E-state index contributed by atoms with van der Waals surface area (Å²) in [4.78, 5) is 23.2. The van der Waals surface area contributed by atoms with Crippen LogP contribution in [0.3, 0.4) is 0 Å². The predicted molar refractivity (Wildman–Crippen MR) is 73.2 cm³/mol. The van der Waals surface area contributed by atoms with Gasteiger partial charge in [0.1, 0.15) is 0 Å². The van der Waals surface area contributed by atoms with Crippen molar-refractivity contribution in [2.45, 2.75) is 6.54 Å². The molecule has 0 spiro atoms. The van der Waals surface area contributed by atoms with Crippen molar-refractivity contribution in [3.63, 3.8) is 0 Å². The molecule has 0 saturated carbocycles. The van der Waals surface area contributed by atoms with Crippen LogP contribution in [-0.4, -0.2) is 11.7 Å². The molecule has 0 saturated heterocycles. The molecular formula is C15H12N2O2. The van der Waals surface area contributed by atoms with Gasteiger partial charge in [-0.1, -0.05) is 30.3 Å². The average molecular weight is 252 g/mol. The number of carbonyl (C=O) groups excluding carboxylic acids is 2. The Hall–Kier alpha value is -2.62. The van der Waals surface area contributed by atoms with Gasteiger partial charge in [-0.3, -0.25) is 9.59 Å². The zero-order chi connectivity index (χ0) is 13.2. The number of rotatable bonds is 3. The molecule has 0 radical (unpaired) electrons. The molecule has 4 nitrogen and oxygen atoms in total. The SMILES string of the molecule is O=C1Nc2cccc(CNc3ccccc3)c2C1=O. The largest absolute Gasteiger partial charge is 0.381 e. The fourth-order valence-electron chi connectivity index (χ4n) is 2.17. The first-order valence-electron chi connectivity index (χ1n) is 6.02. The van der Waals surface area contributed by atoms with E-state index in [-0.39, 0.29) is 0 Å². The minimum absolute atomic E-state index is 0.458. The number of carbonyl (C=O) groups is 2. The van der Waals surface area contributed by atoms with Crippen LogP contribution in [0.4, 0.5) is 11.4 Å². The summed E-state index contributed by atoms with van der Waals surface area (Å²) >= 11 is 0. The third-order valence-electron chi connectivity index (χ3n) is 3.09. The van der Waals surface area contributed by atoms with Crippen molar-refractivity contribution < 1.29 is 9.59 Å². The van der Waals surface area contributed by atoms with Crippen LogP contribution in [0, 0.1) is 0 Å². The maximum Gasteiger partial charge on any atom is 0.296 e. The third kappa shape index (κ3) is 2.08. The number of amides is 1. The molecule has 2 aromatic rings. The summed E-state index contributed by atoms with van der Waals surface area (Å²) in [5.41, 5.74) is 2.88. The number of anilines is 2. The fraction of sp³-hybridized carbons (Fsp3) is 0.0667. The molecule has 1 aliphatic rings. The predicted octanol–water partition coefficient (Wildman–Crippen LogP) is 2.43. The zero-order valence-electron chi connectivity index (χ0n) is 10.1. The third-order valence-corrected chi connectivity index (χ3v) is 3.09. The lowest BCUT2D eigenvalue weighted by Gasteiger charge is -2.09. The van der Waals surface area contributed by atoms with Crippen LogP contribution >= 0.6 is 0 Å². The Morgan fingerprint density at radius 2 is 1.74 bits per heavy atom. The van der Waals surface area contributed by atoms with E-state index >= 15 is 0 Å². The molecule has 19 heavy (non-hydrogen) atoms. The van der Waals surface area contributed by atoms with Crippen LogP contribution < -0.4 is 10.6 Å². The Morgan fingerprint density at radius 3 is 2.53 bits per heavy atom. The summed E-state index contributed by atoms with van der Waals surface area (Å²) in [6.45, 7) is 0.508. The van der Waals surface area contributed by atoms with Gasteiger partial charge in [0.2, 0.25) is 0 Å². The summed E-state index contributed by atoms with van der Waals surface area (Å²) in [6.07, 6.45) is 0. The molecule has 0 aliphatic carbocycles. The van der Waals surface area contributed by atoms with E-state index in [9.17, 15) is 9.59 Å². The minimum atomic E-state index is -0.554. The molecule has 0 atom stereocenters. The molecular weight excluding hydrogens is 240 g/mol. The number of benzene rings is 2. The molecule has 0 fully saturated rings. The minimum Gasteiger partial charge on any atom is -0.381 e. The van der Waals surface area contributed by atoms with Gasteiger partial charge in [-0.2, -0.15) is 0 Å². The number of Topliss-reactive ketones (excluding diaryl/α,β-unsaturated/α-hetero) is 1. The highest BCUT2D eigenvalue weighted by Gasteiger charge is 2.29. The first-order chi connectivity index (χ1) is 9.25. The Balaban J connectivity index is 1.86. The van der Waals surface area contributed by atoms with Gasteiger partial charge in [-0.25, -0.2) is 0 Å². The van der Waals surface area contributed by atoms with Gasteiger partial charge in [-0.05, 0) is 23.8 Å². The van der Waals surface area contributed by atoms with Crippen LogP contribution in [0.25, 0.3) is 0 Å². The van der Waals surface area contributed by atoms with Crippen molar-refractivity contribution in [1.29, 1.82) is 0 Å². The second-order valence-electron chi connectivity index (χ2n) is 4.34. The Labute approximate surface area is 110 Å². The normalized spacial score (nSPS) is 13.1. The van der Waals surface area contributed by atoms with Crippen molar-refractivity contribution in [2.75, 3.05) is 10.6 Å². The Bertz CT molecular complexity index is 650. The van der Waals surface area contributed by atoms with Gasteiger partial charge in [-0.15, -0.1) is 0 Å². The number of para-hydroxylation sites is 1. The summed E-state index contributed by atoms with van der Waals surface area (Å²) in [5.74, 6) is -1.01. The summed E-state index contributed by atoms with van der Waals surface area (Å²) < 4.78 is 0. The van der Waals surface area contributed by atoms with E-state index in [4.69, 9.17) is 0 Å². The molecule has 3 rings (SSSR count). The lowest BCUT2D eigenvalue weighted by atomic mass is 10.0. The van der Waals surface area contributed by atoms with Crippen LogP contribution in [0.1, 0.15) is 15.9 Å². The van der Waals surface area contributed by atoms with Crippen molar-refractivity contribution in [3.8, 4) is 0 Å². The van der Waals surface area contributed by atoms with Crippen molar-refractivity contribution in [3.05, 3.63) is 59.7 Å². The summed E-state index contributed by atoms with van der Waals surface area (Å²) in [7, 11) is 0. The van der Waals surface area contributed by atoms with E-state index in [0.29, 0.717) is 17.8 Å². The number of hydrogen-bond acceptors (Lipinski definition) is 3. The van der Waals surface area contributed by atoms with Crippen molar-refractivity contribution in [1.82, 2.24) is 0 Å². The van der Waals surface area contributed by atoms with Crippen LogP contribution in [0.15, 0.2) is 48.5 Å². The maximum absolute atomic E-state index is 11.8. The van der Waals surface area contributed by atoms with E-state index in [1.165, 1.54) is 0 Å². The zero-order valence-corrected chi connectivity index (χ0v) is 10.1. The summed E-state index contributed by atoms with van der Waals surface area (Å²) in [6, 6.07) is 15.2. The molecule has 1 aliphatic heterocycles. The van der Waals surface area contributed by atoms with Gasteiger partial charge in [0.15, 0.2) is 0 Å². The summed E-state index contributed by atoms with van der Waals surface area (Å²) in [5, 5.41) is 5.80. The van der Waals surface area contributed by atoms with Crippen LogP contribution in [-0.2, 0) is 11.3 Å². The lowest BCUT2D eigenvalue weighted by Crippen LogP contribution is -2.13. The molecule has 94 valence electrons. The monoisotopic (exact) mass is 252 g/mol. The molecule has 0 aromatic heterocycles. The first kappa shape index (κ1) is 11.5. The Morgan fingerprint density at radius 1 is 0.947 bits per heavy atom. The highest BCUT2D eigenvalue weighted by molar-refractivity contribution is 6.52. The molecule has 1 heterocycles. The van der Waals surface area contributed by atoms with E-state index in [2.05, 4.69) is 10.6 Å². The first-order valence-corrected chi connectivity index (χ1v) is 6.02. The van der Waals surface area contributed by atoms with Gasteiger partial charge >= 0.3 is 0 Å². The second kappa shape index (κ2) is 4.57. The van der Waals surface area contributed by atoms with E-state index < -0.39 is 11.7 Å². The molecule has 0 unspecified atom stereocenters. The van der Waals surface area contributed by atoms with E-state index in [1.807, 2.05) is 42.5 Å². The molecule has 2 aromatic carbocycles. The molecule has 4 heteroatoms. The van der Waals surface area contributed by atoms with Gasteiger partial charge < -0.3 is 10.6 Å². The number of fused-ring (bicyclic) bond motifs is 1. The molecule has 1 amide bonds. The standard InChI is InChI=1S/C15H12N2O2/c18-14-13-10(5-4-8-12(13)17-15(14)19)9-16-11-6-2-1-3-7-11/h1-8,16H,9H2,(H,17,18,19). The van der Waals surface area contributed by atoms with Gasteiger partial charge in [0.25, 0.3) is 11.7 Å². The topological polar surface area (TPSA) is 58.2 Å². The number of nitrogens with one attached hydrogen (secondary N) is 2. The smallest absolute Gasteiger partial charge is 0.296 e. The van der Waals surface area contributed by atoms with Gasteiger partial charge in [0, 0.05) is 12.2 Å². The lowest BCUT2D eigenvalue weighted by molar-refractivity contribution is -0.112. The maximum atomic E-state index is 11.8. The number of hydrogen-bond donors (Lipinski definition) is 2. The molecule has 0 bridgehead atoms. The van der Waals surface area contributed by atoms with Crippen LogP contribution in [0.2, 0.25) is 0 Å². The van der Waals surface area contributed by atoms with Crippen LogP contribution in [0.5, 0.6) is 0 Å². The second-order valence-corrected chi connectivity index (χ2v) is 4.34. The Kier molecular flexibility index (Phi) is 2.76. The molecule has 2 N–H and O–H groups in total. The number of ketones is 1. The quantitative estimate of drug-likeness (QED) is 0.825.